The van der Waals surface area contributed by atoms with Crippen molar-refractivity contribution < 1.29 is 22.4 Å². The van der Waals surface area contributed by atoms with E-state index in [4.69, 9.17) is 7.85 Å². The van der Waals surface area contributed by atoms with Crippen molar-refractivity contribution in [3.05, 3.63) is 28.8 Å². The third kappa shape index (κ3) is 1.40. The number of carbonyl (C=O) groups excluding carboxylic acids is 1. The highest BCUT2D eigenvalue weighted by Crippen LogP contribution is 2.17. The summed E-state index contributed by atoms with van der Waals surface area (Å²) in [4.78, 5) is 10.6. The molecule has 0 saturated carbocycles. The predicted molar refractivity (Wildman–Crippen MR) is 41.7 cm³/mol. The van der Waals surface area contributed by atoms with E-state index >= 15 is 0 Å². The molecule has 0 aliphatic heterocycles. The predicted octanol–water partition coefficient (Wildman–Crippen LogP) is 1.24. The number of Topliss-reactive ketones (excluding diaryl/α,β-unsaturated/α-hetero) is 1. The molecule has 0 aliphatic carbocycles. The zero-order valence-electron chi connectivity index (χ0n) is 7.00. The first-order valence-corrected chi connectivity index (χ1v) is 3.50. The Kier molecular flexibility index (Phi) is 2.64. The lowest BCUT2D eigenvalue weighted by molar-refractivity contribution is 0.100. The van der Waals surface area contributed by atoms with Crippen molar-refractivity contribution in [1.29, 1.82) is 0 Å². The Morgan fingerprint density at radius 3 is 1.64 bits per heavy atom. The van der Waals surface area contributed by atoms with Crippen molar-refractivity contribution in [2.75, 3.05) is 0 Å². The molecule has 0 heterocycles. The van der Waals surface area contributed by atoms with Crippen LogP contribution in [0.4, 0.5) is 17.6 Å². The number of hydrogen-bond donors (Lipinski definition) is 0. The number of hydrogen-bond acceptors (Lipinski definition) is 1. The Labute approximate surface area is 78.1 Å². The fourth-order valence-electron chi connectivity index (χ4n) is 0.958. The molecule has 0 saturated heterocycles. The fourth-order valence-corrected chi connectivity index (χ4v) is 0.958. The normalized spacial score (nSPS) is 10.4. The van der Waals surface area contributed by atoms with Gasteiger partial charge in [0.1, 0.15) is 7.85 Å². The number of benzene rings is 1. The van der Waals surface area contributed by atoms with Crippen LogP contribution in [0.1, 0.15) is 17.3 Å². The number of halogens is 4. The van der Waals surface area contributed by atoms with Crippen LogP contribution < -0.4 is 5.46 Å². The molecule has 0 fully saturated rings. The second-order valence-electron chi connectivity index (χ2n) is 2.60. The maximum atomic E-state index is 12.9. The van der Waals surface area contributed by atoms with Crippen molar-refractivity contribution in [1.82, 2.24) is 0 Å². The quantitative estimate of drug-likeness (QED) is 0.289. The summed E-state index contributed by atoms with van der Waals surface area (Å²) in [6.07, 6.45) is 0. The average Bonchev–Trinajstić information content (AvgIpc) is 2.11. The minimum absolute atomic E-state index is 0.788. The third-order valence-corrected chi connectivity index (χ3v) is 1.65. The first kappa shape index (κ1) is 10.8. The van der Waals surface area contributed by atoms with E-state index in [9.17, 15) is 22.4 Å². The van der Waals surface area contributed by atoms with Crippen LogP contribution in [0.3, 0.4) is 0 Å². The summed E-state index contributed by atoms with van der Waals surface area (Å²) >= 11 is 0. The zero-order chi connectivity index (χ0) is 11.0. The van der Waals surface area contributed by atoms with E-state index < -0.39 is 40.1 Å². The van der Waals surface area contributed by atoms with Gasteiger partial charge in [0.25, 0.3) is 0 Å². The number of carbonyl (C=O) groups is 1. The van der Waals surface area contributed by atoms with Crippen LogP contribution in [0, 0.1) is 23.3 Å². The van der Waals surface area contributed by atoms with E-state index in [0.717, 1.165) is 6.92 Å². The summed E-state index contributed by atoms with van der Waals surface area (Å²) in [5, 5.41) is 0. The Bertz CT molecular complexity index is 387. The molecule has 72 valence electrons. The molecule has 1 aromatic carbocycles. The van der Waals surface area contributed by atoms with Gasteiger partial charge in [-0.2, -0.15) is 0 Å². The van der Waals surface area contributed by atoms with Gasteiger partial charge in [-0.15, -0.1) is 0 Å². The summed E-state index contributed by atoms with van der Waals surface area (Å²) in [7, 11) is 4.71. The van der Waals surface area contributed by atoms with Crippen LogP contribution in [0.2, 0.25) is 0 Å². The standard InChI is InChI=1S/C8H3BF4O/c1-2(14)3-5(10)7(12)4(9)8(13)6(3)11/h1H3. The zero-order valence-corrected chi connectivity index (χ0v) is 7.00. The van der Waals surface area contributed by atoms with Gasteiger partial charge in [0.15, 0.2) is 29.1 Å². The van der Waals surface area contributed by atoms with Crippen LogP contribution >= 0.6 is 0 Å². The summed E-state index contributed by atoms with van der Waals surface area (Å²) in [5.41, 5.74) is -2.53. The van der Waals surface area contributed by atoms with Crippen molar-refractivity contribution in [3.63, 3.8) is 0 Å². The molecule has 1 aromatic rings. The Morgan fingerprint density at radius 2 is 1.36 bits per heavy atom. The third-order valence-electron chi connectivity index (χ3n) is 1.65. The summed E-state index contributed by atoms with van der Waals surface area (Å²) in [6.45, 7) is 0.788. The molecule has 0 aromatic heterocycles. The molecular formula is C8H3BF4O. The molecule has 0 unspecified atom stereocenters. The van der Waals surface area contributed by atoms with E-state index in [1.165, 1.54) is 0 Å². The monoisotopic (exact) mass is 202 g/mol. The largest absolute Gasteiger partial charge is 0.294 e. The maximum absolute atomic E-state index is 12.9. The average molecular weight is 202 g/mol. The Balaban J connectivity index is 3.68. The SMILES string of the molecule is [B]c1c(F)c(F)c(C(C)=O)c(F)c1F. The molecular weight excluding hydrogens is 199 g/mol. The van der Waals surface area contributed by atoms with E-state index in [2.05, 4.69) is 0 Å². The summed E-state index contributed by atoms with van der Waals surface area (Å²) in [6, 6.07) is 0. The number of rotatable bonds is 1. The molecule has 0 atom stereocenters. The van der Waals surface area contributed by atoms with E-state index in [1.54, 1.807) is 0 Å². The second kappa shape index (κ2) is 3.44. The lowest BCUT2D eigenvalue weighted by atomic mass is 9.92. The Hall–Kier alpha value is -1.33. The van der Waals surface area contributed by atoms with Crippen molar-refractivity contribution in [2.45, 2.75) is 6.92 Å². The highest BCUT2D eigenvalue weighted by Gasteiger charge is 2.24. The highest BCUT2D eigenvalue weighted by molar-refractivity contribution is 6.32. The molecule has 0 spiro atoms. The molecule has 1 rings (SSSR count). The second-order valence-corrected chi connectivity index (χ2v) is 2.60. The van der Waals surface area contributed by atoms with E-state index in [0.29, 0.717) is 0 Å². The topological polar surface area (TPSA) is 17.1 Å². The lowest BCUT2D eigenvalue weighted by Gasteiger charge is -2.06. The fraction of sp³-hybridized carbons (Fsp3) is 0.125. The summed E-state index contributed by atoms with van der Waals surface area (Å²) in [5.74, 6) is -8.16. The molecule has 6 heteroatoms. The molecule has 14 heavy (non-hydrogen) atoms. The van der Waals surface area contributed by atoms with E-state index in [1.807, 2.05) is 0 Å². The smallest absolute Gasteiger partial charge is 0.172 e. The van der Waals surface area contributed by atoms with E-state index in [-0.39, 0.29) is 0 Å². The van der Waals surface area contributed by atoms with Crippen LogP contribution in [-0.4, -0.2) is 13.6 Å². The van der Waals surface area contributed by atoms with Crippen LogP contribution in [0.25, 0.3) is 0 Å². The van der Waals surface area contributed by atoms with Crippen LogP contribution in [0.15, 0.2) is 0 Å². The van der Waals surface area contributed by atoms with Gasteiger partial charge in [-0.25, -0.2) is 17.6 Å². The number of ketones is 1. The minimum atomic E-state index is -1.77. The van der Waals surface area contributed by atoms with Gasteiger partial charge in [0.2, 0.25) is 0 Å². The molecule has 0 aliphatic rings. The molecule has 0 bridgehead atoms. The highest BCUT2D eigenvalue weighted by atomic mass is 19.2. The van der Waals surface area contributed by atoms with Crippen molar-refractivity contribution in [3.8, 4) is 0 Å². The van der Waals surface area contributed by atoms with Gasteiger partial charge in [-0.3, -0.25) is 4.79 Å². The molecule has 0 amide bonds. The first-order valence-electron chi connectivity index (χ1n) is 3.50. The van der Waals surface area contributed by atoms with Gasteiger partial charge in [0.05, 0.1) is 5.56 Å². The molecule has 1 nitrogen and oxygen atoms in total. The minimum Gasteiger partial charge on any atom is -0.294 e. The van der Waals surface area contributed by atoms with Gasteiger partial charge < -0.3 is 0 Å². The van der Waals surface area contributed by atoms with Crippen molar-refractivity contribution >= 4 is 19.1 Å². The maximum Gasteiger partial charge on any atom is 0.172 e. The Morgan fingerprint density at radius 1 is 1.00 bits per heavy atom. The van der Waals surface area contributed by atoms with Crippen LogP contribution in [-0.2, 0) is 0 Å². The van der Waals surface area contributed by atoms with Gasteiger partial charge in [0, 0.05) is 0 Å². The lowest BCUT2D eigenvalue weighted by Crippen LogP contribution is -2.22. The molecule has 2 radical (unpaired) electrons. The van der Waals surface area contributed by atoms with Gasteiger partial charge in [-0.05, 0) is 12.4 Å². The van der Waals surface area contributed by atoms with Gasteiger partial charge in [-0.1, -0.05) is 0 Å². The van der Waals surface area contributed by atoms with Gasteiger partial charge >= 0.3 is 0 Å². The first-order chi connectivity index (χ1) is 6.37. The van der Waals surface area contributed by atoms with Crippen LogP contribution in [0.5, 0.6) is 0 Å². The molecule has 0 N–H and O–H groups in total. The summed E-state index contributed by atoms with van der Waals surface area (Å²) < 4.78 is 51.2. The van der Waals surface area contributed by atoms with Crippen molar-refractivity contribution in [2.24, 2.45) is 0 Å².